The standard InChI is InChI=1S/C24H28ClN5O/c25-20-6-1-2-7-22(20)30-21-11-9-17(27-24(26)31)15-19(21)23(28-30)16-8-10-18-5-3-4-13-29(18)14-12-16/h1-2,6-7,9,11,15-16,18H,3-5,8,10,12-14H2,(H3,26,27,31). The third kappa shape index (κ3) is 4.02. The van der Waals surface area contributed by atoms with Crippen LogP contribution in [0.2, 0.25) is 5.02 Å². The molecule has 2 unspecified atom stereocenters. The van der Waals surface area contributed by atoms with Crippen LogP contribution in [0.3, 0.4) is 0 Å². The molecule has 0 spiro atoms. The first-order valence-electron chi connectivity index (χ1n) is 11.2. The predicted octanol–water partition coefficient (Wildman–Crippen LogP) is 5.29. The van der Waals surface area contributed by atoms with Crippen LogP contribution in [0.25, 0.3) is 16.6 Å². The normalized spacial score (nSPS) is 22.1. The molecular formula is C24H28ClN5O. The minimum atomic E-state index is -0.564. The fourth-order valence-electron chi connectivity index (χ4n) is 5.28. The number of nitrogens with zero attached hydrogens (tertiary/aromatic N) is 3. The maximum Gasteiger partial charge on any atom is 0.316 e. The number of hydrogen-bond acceptors (Lipinski definition) is 3. The number of primary amides is 1. The summed E-state index contributed by atoms with van der Waals surface area (Å²) in [6, 6.07) is 13.8. The highest BCUT2D eigenvalue weighted by Crippen LogP contribution is 2.38. The minimum absolute atomic E-state index is 0.376. The Bertz CT molecular complexity index is 1090. The molecular weight excluding hydrogens is 410 g/mol. The number of nitrogens with two attached hydrogens (primary N) is 1. The van der Waals surface area contributed by atoms with E-state index in [1.54, 1.807) is 0 Å². The lowest BCUT2D eigenvalue weighted by molar-refractivity contribution is 0.151. The topological polar surface area (TPSA) is 76.2 Å². The highest BCUT2D eigenvalue weighted by atomic mass is 35.5. The lowest BCUT2D eigenvalue weighted by Gasteiger charge is -2.33. The Kier molecular flexibility index (Phi) is 5.59. The Balaban J connectivity index is 1.58. The number of rotatable bonds is 3. The molecule has 0 saturated carbocycles. The number of para-hydroxylation sites is 1. The second kappa shape index (κ2) is 8.52. The molecule has 0 aliphatic carbocycles. The molecule has 3 N–H and O–H groups in total. The van der Waals surface area contributed by atoms with E-state index in [0.29, 0.717) is 22.7 Å². The number of anilines is 1. The van der Waals surface area contributed by atoms with Crippen LogP contribution in [0.4, 0.5) is 10.5 Å². The molecule has 5 rings (SSSR count). The number of hydrogen-bond donors (Lipinski definition) is 2. The highest BCUT2D eigenvalue weighted by Gasteiger charge is 2.30. The quantitative estimate of drug-likeness (QED) is 0.584. The molecule has 7 heteroatoms. The van der Waals surface area contributed by atoms with Crippen LogP contribution in [-0.2, 0) is 0 Å². The zero-order valence-corrected chi connectivity index (χ0v) is 18.3. The first kappa shape index (κ1) is 20.3. The number of piperidine rings is 1. The van der Waals surface area contributed by atoms with Gasteiger partial charge in [0.25, 0.3) is 0 Å². The number of carbonyl (C=O) groups excluding carboxylic acids is 1. The molecule has 6 nitrogen and oxygen atoms in total. The van der Waals surface area contributed by atoms with Gasteiger partial charge in [-0.1, -0.05) is 30.2 Å². The smallest absolute Gasteiger partial charge is 0.316 e. The monoisotopic (exact) mass is 437 g/mol. The summed E-state index contributed by atoms with van der Waals surface area (Å²) in [7, 11) is 0. The summed E-state index contributed by atoms with van der Waals surface area (Å²) in [6.07, 6.45) is 7.41. The zero-order chi connectivity index (χ0) is 21.4. The molecule has 1 aromatic heterocycles. The number of nitrogens with one attached hydrogen (secondary N) is 1. The maximum atomic E-state index is 11.4. The van der Waals surface area contributed by atoms with E-state index >= 15 is 0 Å². The lowest BCUT2D eigenvalue weighted by Crippen LogP contribution is -2.38. The number of fused-ring (bicyclic) bond motifs is 2. The van der Waals surface area contributed by atoms with E-state index in [-0.39, 0.29) is 0 Å². The third-order valence-electron chi connectivity index (χ3n) is 6.81. The van der Waals surface area contributed by atoms with E-state index in [1.807, 2.05) is 47.1 Å². The van der Waals surface area contributed by atoms with Crippen LogP contribution >= 0.6 is 11.6 Å². The number of urea groups is 1. The molecule has 2 aromatic carbocycles. The molecule has 2 aliphatic rings. The van der Waals surface area contributed by atoms with Gasteiger partial charge >= 0.3 is 6.03 Å². The number of benzene rings is 2. The van der Waals surface area contributed by atoms with Crippen LogP contribution in [-0.4, -0.2) is 39.8 Å². The molecule has 2 fully saturated rings. The summed E-state index contributed by atoms with van der Waals surface area (Å²) in [5.74, 6) is 0.376. The third-order valence-corrected chi connectivity index (χ3v) is 7.13. The van der Waals surface area contributed by atoms with Crippen molar-refractivity contribution in [3.05, 3.63) is 53.2 Å². The molecule has 2 atom stereocenters. The van der Waals surface area contributed by atoms with Crippen molar-refractivity contribution >= 4 is 34.2 Å². The summed E-state index contributed by atoms with van der Waals surface area (Å²) in [5.41, 5.74) is 8.98. The maximum absolute atomic E-state index is 11.4. The van der Waals surface area contributed by atoms with Crippen molar-refractivity contribution in [1.82, 2.24) is 14.7 Å². The molecule has 0 radical (unpaired) electrons. The number of amides is 2. The number of aromatic nitrogens is 2. The average molecular weight is 438 g/mol. The van der Waals surface area contributed by atoms with Crippen molar-refractivity contribution < 1.29 is 4.79 Å². The largest absolute Gasteiger partial charge is 0.351 e. The average Bonchev–Trinajstić information content (AvgIpc) is 2.99. The highest BCUT2D eigenvalue weighted by molar-refractivity contribution is 6.32. The lowest BCUT2D eigenvalue weighted by atomic mass is 9.92. The van der Waals surface area contributed by atoms with E-state index in [2.05, 4.69) is 10.2 Å². The minimum Gasteiger partial charge on any atom is -0.351 e. The first-order valence-corrected chi connectivity index (χ1v) is 11.6. The molecule has 3 heterocycles. The van der Waals surface area contributed by atoms with Gasteiger partial charge in [-0.2, -0.15) is 5.10 Å². The van der Waals surface area contributed by atoms with E-state index < -0.39 is 6.03 Å². The summed E-state index contributed by atoms with van der Waals surface area (Å²) in [5, 5.41) is 9.52. The summed E-state index contributed by atoms with van der Waals surface area (Å²) < 4.78 is 1.94. The van der Waals surface area contributed by atoms with Gasteiger partial charge in [-0.3, -0.25) is 0 Å². The second-order valence-electron chi connectivity index (χ2n) is 8.72. The molecule has 3 aromatic rings. The van der Waals surface area contributed by atoms with Gasteiger partial charge in [0.15, 0.2) is 0 Å². The van der Waals surface area contributed by atoms with Crippen molar-refractivity contribution in [3.63, 3.8) is 0 Å². The van der Waals surface area contributed by atoms with E-state index in [0.717, 1.165) is 41.7 Å². The second-order valence-corrected chi connectivity index (χ2v) is 9.13. The number of carbonyl (C=O) groups is 1. The van der Waals surface area contributed by atoms with Crippen LogP contribution in [0, 0.1) is 0 Å². The first-order chi connectivity index (χ1) is 15.1. The van der Waals surface area contributed by atoms with Gasteiger partial charge in [-0.05, 0) is 75.5 Å². The van der Waals surface area contributed by atoms with Gasteiger partial charge < -0.3 is 16.0 Å². The summed E-state index contributed by atoms with van der Waals surface area (Å²) >= 11 is 6.52. The predicted molar refractivity (Wildman–Crippen MR) is 125 cm³/mol. The molecule has 162 valence electrons. The van der Waals surface area contributed by atoms with Gasteiger partial charge in [0.05, 0.1) is 21.9 Å². The van der Waals surface area contributed by atoms with Crippen LogP contribution < -0.4 is 11.1 Å². The molecule has 31 heavy (non-hydrogen) atoms. The molecule has 0 bridgehead atoms. The van der Waals surface area contributed by atoms with Crippen molar-refractivity contribution in [2.24, 2.45) is 5.73 Å². The Hall–Kier alpha value is -2.57. The van der Waals surface area contributed by atoms with E-state index in [1.165, 1.54) is 32.2 Å². The Labute approximate surface area is 187 Å². The summed E-state index contributed by atoms with van der Waals surface area (Å²) in [6.45, 7) is 2.34. The Morgan fingerprint density at radius 2 is 1.94 bits per heavy atom. The van der Waals surface area contributed by atoms with E-state index in [9.17, 15) is 4.79 Å². The summed E-state index contributed by atoms with van der Waals surface area (Å²) in [4.78, 5) is 14.1. The van der Waals surface area contributed by atoms with Gasteiger partial charge in [0.1, 0.15) is 0 Å². The van der Waals surface area contributed by atoms with Crippen LogP contribution in [0.1, 0.15) is 50.1 Å². The van der Waals surface area contributed by atoms with Gasteiger partial charge in [-0.15, -0.1) is 0 Å². The fraction of sp³-hybridized carbons (Fsp3) is 0.417. The van der Waals surface area contributed by atoms with Gasteiger partial charge in [-0.25, -0.2) is 9.48 Å². The molecule has 2 saturated heterocycles. The number of halogens is 1. The van der Waals surface area contributed by atoms with Crippen molar-refractivity contribution in [2.45, 2.75) is 50.5 Å². The SMILES string of the molecule is NC(=O)Nc1ccc2c(c1)c(C1CCC3CCCCN3CC1)nn2-c1ccccc1Cl. The Morgan fingerprint density at radius 1 is 1.06 bits per heavy atom. The Morgan fingerprint density at radius 3 is 2.77 bits per heavy atom. The van der Waals surface area contributed by atoms with Crippen molar-refractivity contribution in [3.8, 4) is 5.69 Å². The van der Waals surface area contributed by atoms with Gasteiger partial charge in [0, 0.05) is 23.0 Å². The molecule has 2 amide bonds. The zero-order valence-electron chi connectivity index (χ0n) is 17.6. The molecule has 2 aliphatic heterocycles. The van der Waals surface area contributed by atoms with E-state index in [4.69, 9.17) is 22.4 Å². The van der Waals surface area contributed by atoms with Crippen molar-refractivity contribution in [2.75, 3.05) is 18.4 Å². The fourth-order valence-corrected chi connectivity index (χ4v) is 5.50. The van der Waals surface area contributed by atoms with Crippen molar-refractivity contribution in [1.29, 1.82) is 0 Å². The van der Waals surface area contributed by atoms with Crippen LogP contribution in [0.5, 0.6) is 0 Å². The van der Waals surface area contributed by atoms with Gasteiger partial charge in [0.2, 0.25) is 0 Å². The van der Waals surface area contributed by atoms with Crippen LogP contribution in [0.15, 0.2) is 42.5 Å².